The van der Waals surface area contributed by atoms with Crippen molar-refractivity contribution in [3.8, 4) is 0 Å². The third-order valence-electron chi connectivity index (χ3n) is 5.81. The van der Waals surface area contributed by atoms with E-state index in [4.69, 9.17) is 0 Å². The summed E-state index contributed by atoms with van der Waals surface area (Å²) in [5, 5.41) is 9.92. The standard InChI is InChI=1S/C20H28N4O/c1-21-20(23-12-17(13-6-7-13)14-8-9-14)22-11-15-10-19(25)24-18-5-3-2-4-16(15)18/h2-5,13-15,17H,6-12H2,1H3,(H,24,25)(H2,21,22,23). The number of fused-ring (bicyclic) bond motifs is 1. The minimum absolute atomic E-state index is 0.0935. The Bertz CT molecular complexity index is 651. The van der Waals surface area contributed by atoms with Crippen LogP contribution in [-0.4, -0.2) is 32.0 Å². The molecule has 2 fully saturated rings. The molecule has 1 aliphatic heterocycles. The van der Waals surface area contributed by atoms with E-state index in [1.54, 1.807) is 0 Å². The number of hydrogen-bond acceptors (Lipinski definition) is 2. The number of rotatable bonds is 6. The molecule has 0 aromatic heterocycles. The predicted molar refractivity (Wildman–Crippen MR) is 101 cm³/mol. The molecule has 0 saturated heterocycles. The van der Waals surface area contributed by atoms with E-state index in [9.17, 15) is 4.79 Å². The first-order valence-electron chi connectivity index (χ1n) is 9.58. The highest BCUT2D eigenvalue weighted by Gasteiger charge is 2.41. The minimum atomic E-state index is 0.0935. The molecule has 5 nitrogen and oxygen atoms in total. The monoisotopic (exact) mass is 340 g/mol. The Labute approximate surface area is 149 Å². The molecule has 1 aromatic rings. The van der Waals surface area contributed by atoms with Crippen LogP contribution in [0.25, 0.3) is 0 Å². The van der Waals surface area contributed by atoms with Gasteiger partial charge in [0.25, 0.3) is 0 Å². The molecule has 134 valence electrons. The zero-order valence-corrected chi connectivity index (χ0v) is 14.9. The summed E-state index contributed by atoms with van der Waals surface area (Å²) in [5.41, 5.74) is 2.15. The number of anilines is 1. The summed E-state index contributed by atoms with van der Waals surface area (Å²) < 4.78 is 0. The van der Waals surface area contributed by atoms with Gasteiger partial charge in [-0.25, -0.2) is 0 Å². The largest absolute Gasteiger partial charge is 0.356 e. The first-order chi connectivity index (χ1) is 12.2. The third kappa shape index (κ3) is 3.97. The highest BCUT2D eigenvalue weighted by atomic mass is 16.1. The Morgan fingerprint density at radius 2 is 1.92 bits per heavy atom. The van der Waals surface area contributed by atoms with Crippen molar-refractivity contribution in [2.75, 3.05) is 25.5 Å². The second kappa shape index (κ2) is 7.06. The predicted octanol–water partition coefficient (Wildman–Crippen LogP) is 2.71. The van der Waals surface area contributed by atoms with Gasteiger partial charge in [0, 0.05) is 38.2 Å². The highest BCUT2D eigenvalue weighted by Crippen LogP contribution is 2.48. The maximum absolute atomic E-state index is 11.9. The summed E-state index contributed by atoms with van der Waals surface area (Å²) in [6, 6.07) is 8.08. The van der Waals surface area contributed by atoms with Crippen LogP contribution < -0.4 is 16.0 Å². The smallest absolute Gasteiger partial charge is 0.225 e. The number of nitrogens with one attached hydrogen (secondary N) is 3. The van der Waals surface area contributed by atoms with E-state index in [2.05, 4.69) is 27.0 Å². The fourth-order valence-corrected chi connectivity index (χ4v) is 4.11. The van der Waals surface area contributed by atoms with Gasteiger partial charge < -0.3 is 16.0 Å². The van der Waals surface area contributed by atoms with Crippen molar-refractivity contribution in [1.82, 2.24) is 10.6 Å². The zero-order chi connectivity index (χ0) is 17.2. The minimum Gasteiger partial charge on any atom is -0.356 e. The van der Waals surface area contributed by atoms with E-state index in [1.807, 2.05) is 25.2 Å². The van der Waals surface area contributed by atoms with Crippen LogP contribution in [0.3, 0.4) is 0 Å². The van der Waals surface area contributed by atoms with Gasteiger partial charge in [-0.3, -0.25) is 9.79 Å². The molecule has 3 N–H and O–H groups in total. The Hall–Kier alpha value is -2.04. The van der Waals surface area contributed by atoms with Crippen LogP contribution >= 0.6 is 0 Å². The molecule has 1 unspecified atom stereocenters. The van der Waals surface area contributed by atoms with E-state index < -0.39 is 0 Å². The van der Waals surface area contributed by atoms with Crippen molar-refractivity contribution in [2.45, 2.75) is 38.0 Å². The van der Waals surface area contributed by atoms with Crippen molar-refractivity contribution >= 4 is 17.6 Å². The Morgan fingerprint density at radius 3 is 2.60 bits per heavy atom. The fourth-order valence-electron chi connectivity index (χ4n) is 4.11. The molecule has 1 atom stereocenters. The first kappa shape index (κ1) is 16.4. The van der Waals surface area contributed by atoms with Gasteiger partial charge in [0.15, 0.2) is 5.96 Å². The molecule has 1 aromatic carbocycles. The third-order valence-corrected chi connectivity index (χ3v) is 5.81. The van der Waals surface area contributed by atoms with Crippen molar-refractivity contribution in [2.24, 2.45) is 22.7 Å². The number of carbonyl (C=O) groups is 1. The molecule has 25 heavy (non-hydrogen) atoms. The fraction of sp³-hybridized carbons (Fsp3) is 0.600. The number of carbonyl (C=O) groups excluding carboxylic acids is 1. The molecule has 1 amide bonds. The van der Waals surface area contributed by atoms with Gasteiger partial charge >= 0.3 is 0 Å². The van der Waals surface area contributed by atoms with Gasteiger partial charge in [-0.1, -0.05) is 18.2 Å². The second-order valence-corrected chi connectivity index (χ2v) is 7.71. The van der Waals surface area contributed by atoms with E-state index in [0.717, 1.165) is 42.5 Å². The number of guanidine groups is 1. The Kier molecular flexibility index (Phi) is 4.64. The first-order valence-corrected chi connectivity index (χ1v) is 9.58. The number of benzene rings is 1. The molecule has 0 spiro atoms. The molecule has 0 bridgehead atoms. The zero-order valence-electron chi connectivity index (χ0n) is 14.9. The van der Waals surface area contributed by atoms with E-state index in [1.165, 1.54) is 31.2 Å². The number of aliphatic imine (C=N–C) groups is 1. The van der Waals surface area contributed by atoms with Crippen LogP contribution in [0.1, 0.15) is 43.6 Å². The molecular formula is C20H28N4O. The summed E-state index contributed by atoms with van der Waals surface area (Å²) in [6.45, 7) is 1.75. The van der Waals surface area contributed by atoms with Crippen LogP contribution in [0.5, 0.6) is 0 Å². The van der Waals surface area contributed by atoms with Crippen LogP contribution in [0.4, 0.5) is 5.69 Å². The molecule has 4 rings (SSSR count). The second-order valence-electron chi connectivity index (χ2n) is 7.71. The van der Waals surface area contributed by atoms with Crippen LogP contribution in [-0.2, 0) is 4.79 Å². The van der Waals surface area contributed by atoms with Crippen molar-refractivity contribution in [3.05, 3.63) is 29.8 Å². The molecule has 2 saturated carbocycles. The summed E-state index contributed by atoms with van der Waals surface area (Å²) >= 11 is 0. The van der Waals surface area contributed by atoms with Crippen molar-refractivity contribution in [3.63, 3.8) is 0 Å². The highest BCUT2D eigenvalue weighted by molar-refractivity contribution is 5.94. The summed E-state index contributed by atoms with van der Waals surface area (Å²) in [7, 11) is 1.82. The summed E-state index contributed by atoms with van der Waals surface area (Å²) in [5.74, 6) is 3.83. The van der Waals surface area contributed by atoms with E-state index in [0.29, 0.717) is 6.42 Å². The van der Waals surface area contributed by atoms with Crippen molar-refractivity contribution < 1.29 is 4.79 Å². The van der Waals surface area contributed by atoms with Gasteiger partial charge in [0.2, 0.25) is 5.91 Å². The van der Waals surface area contributed by atoms with Crippen LogP contribution in [0, 0.1) is 17.8 Å². The molecule has 1 heterocycles. The SMILES string of the molecule is CN=C(NCC1CC(=O)Nc2ccccc21)NCC(C1CC1)C1CC1. The lowest BCUT2D eigenvalue weighted by Gasteiger charge is -2.26. The Morgan fingerprint density at radius 1 is 1.20 bits per heavy atom. The Balaban J connectivity index is 1.32. The lowest BCUT2D eigenvalue weighted by Crippen LogP contribution is -2.43. The van der Waals surface area contributed by atoms with Gasteiger partial charge in [0.05, 0.1) is 0 Å². The molecular weight excluding hydrogens is 312 g/mol. The molecule has 5 heteroatoms. The van der Waals surface area contributed by atoms with E-state index >= 15 is 0 Å². The van der Waals surface area contributed by atoms with Crippen molar-refractivity contribution in [1.29, 1.82) is 0 Å². The maximum atomic E-state index is 11.9. The van der Waals surface area contributed by atoms with Gasteiger partial charge in [-0.2, -0.15) is 0 Å². The number of amides is 1. The number of hydrogen-bond donors (Lipinski definition) is 3. The number of nitrogens with zero attached hydrogens (tertiary/aromatic N) is 1. The van der Waals surface area contributed by atoms with E-state index in [-0.39, 0.29) is 11.8 Å². The lowest BCUT2D eigenvalue weighted by molar-refractivity contribution is -0.116. The van der Waals surface area contributed by atoms with Gasteiger partial charge in [-0.15, -0.1) is 0 Å². The quantitative estimate of drug-likeness (QED) is 0.551. The average molecular weight is 340 g/mol. The normalized spacial score (nSPS) is 23.2. The molecule has 2 aliphatic carbocycles. The topological polar surface area (TPSA) is 65.5 Å². The number of para-hydroxylation sites is 1. The van der Waals surface area contributed by atoms with Crippen LogP contribution in [0.2, 0.25) is 0 Å². The summed E-state index contributed by atoms with van der Waals surface area (Å²) in [6.07, 6.45) is 6.14. The summed E-state index contributed by atoms with van der Waals surface area (Å²) in [4.78, 5) is 16.3. The molecule has 0 radical (unpaired) electrons. The average Bonchev–Trinajstić information content (AvgIpc) is 3.51. The van der Waals surface area contributed by atoms with Crippen LogP contribution in [0.15, 0.2) is 29.3 Å². The maximum Gasteiger partial charge on any atom is 0.225 e. The lowest BCUT2D eigenvalue weighted by atomic mass is 9.90. The van der Waals surface area contributed by atoms with Gasteiger partial charge in [0.1, 0.15) is 0 Å². The molecule has 3 aliphatic rings. The van der Waals surface area contributed by atoms with Gasteiger partial charge in [-0.05, 0) is 55.1 Å².